The molecule has 0 bridgehead atoms. The first kappa shape index (κ1) is 38.3. The number of rotatable bonds is 19. The van der Waals surface area contributed by atoms with E-state index in [1.807, 2.05) is 100 Å². The molecule has 0 amide bonds. The maximum Gasteiger partial charge on any atom is 0.323 e. The van der Waals surface area contributed by atoms with Crippen LogP contribution in [0, 0.1) is 11.8 Å². The summed E-state index contributed by atoms with van der Waals surface area (Å²) in [7, 11) is 0. The van der Waals surface area contributed by atoms with E-state index < -0.39 is 48.3 Å². The highest BCUT2D eigenvalue weighted by Gasteiger charge is 2.38. The van der Waals surface area contributed by atoms with Crippen molar-refractivity contribution in [3.8, 4) is 0 Å². The summed E-state index contributed by atoms with van der Waals surface area (Å²) >= 11 is 0. The largest absolute Gasteiger partial charge is 0.460 e. The highest BCUT2D eigenvalue weighted by molar-refractivity contribution is 5.76. The molecule has 10 heteroatoms. The Bertz CT molecular complexity index is 1440. The smallest absolute Gasteiger partial charge is 0.323 e. The zero-order chi connectivity index (χ0) is 35.9. The van der Waals surface area contributed by atoms with Gasteiger partial charge in [-0.2, -0.15) is 0 Å². The molecule has 2 aromatic carbocycles. The molecule has 50 heavy (non-hydrogen) atoms. The highest BCUT2D eigenvalue weighted by Crippen LogP contribution is 2.19. The molecule has 6 atom stereocenters. The van der Waals surface area contributed by atoms with Gasteiger partial charge in [0.1, 0.15) is 25.3 Å². The van der Waals surface area contributed by atoms with E-state index in [0.717, 1.165) is 22.3 Å². The summed E-state index contributed by atoms with van der Waals surface area (Å²) < 4.78 is 11.4. The van der Waals surface area contributed by atoms with Gasteiger partial charge in [-0.05, 0) is 47.9 Å². The maximum absolute atomic E-state index is 13.5. The van der Waals surface area contributed by atoms with Crippen molar-refractivity contribution in [3.05, 3.63) is 132 Å². The zero-order valence-corrected chi connectivity index (χ0v) is 29.3. The number of hydrogen-bond acceptors (Lipinski definition) is 10. The third-order valence-electron chi connectivity index (χ3n) is 8.61. The lowest BCUT2D eigenvalue weighted by atomic mass is 9.89. The van der Waals surface area contributed by atoms with E-state index >= 15 is 0 Å². The van der Waals surface area contributed by atoms with Gasteiger partial charge >= 0.3 is 11.9 Å². The minimum atomic E-state index is -1.36. The Labute approximate surface area is 295 Å². The Balaban J connectivity index is 1.58. The topological polar surface area (TPSA) is 143 Å². The Kier molecular flexibility index (Phi) is 15.1. The van der Waals surface area contributed by atoms with Crippen LogP contribution < -0.4 is 10.6 Å². The van der Waals surface area contributed by atoms with E-state index in [1.54, 1.807) is 36.9 Å². The minimum Gasteiger partial charge on any atom is -0.460 e. The highest BCUT2D eigenvalue weighted by atomic mass is 16.5. The maximum atomic E-state index is 13.5. The van der Waals surface area contributed by atoms with Gasteiger partial charge in [-0.3, -0.25) is 30.2 Å². The van der Waals surface area contributed by atoms with Crippen molar-refractivity contribution in [1.82, 2.24) is 20.6 Å². The molecule has 4 aromatic rings. The number of carbonyl (C=O) groups excluding carboxylic acids is 2. The zero-order valence-electron chi connectivity index (χ0n) is 29.3. The van der Waals surface area contributed by atoms with E-state index in [2.05, 4.69) is 20.6 Å². The van der Waals surface area contributed by atoms with Crippen LogP contribution in [0.4, 0.5) is 0 Å². The summed E-state index contributed by atoms with van der Waals surface area (Å²) in [5.41, 5.74) is 3.34. The summed E-state index contributed by atoms with van der Waals surface area (Å²) in [5.74, 6) is -1.34. The number of aliphatic hydroxyl groups excluding tert-OH is 2. The predicted molar refractivity (Wildman–Crippen MR) is 191 cm³/mol. The lowest BCUT2D eigenvalue weighted by Crippen LogP contribution is -2.61. The van der Waals surface area contributed by atoms with Crippen molar-refractivity contribution < 1.29 is 29.3 Å². The Morgan fingerprint density at radius 1 is 0.580 bits per heavy atom. The van der Waals surface area contributed by atoms with E-state index in [-0.39, 0.29) is 25.0 Å². The van der Waals surface area contributed by atoms with Gasteiger partial charge in [-0.15, -0.1) is 0 Å². The molecule has 0 spiro atoms. The SMILES string of the molecule is CC(C)C(N[C@H](Cc1ccccc1)[C@@H](O)[C@H](O)[C@@H](Cc1ccccc1)NC(C(=O)OCc1cccnc1)C(C)C)C(=O)OCc1cccnc1. The van der Waals surface area contributed by atoms with Crippen molar-refractivity contribution >= 4 is 11.9 Å². The van der Waals surface area contributed by atoms with Gasteiger partial charge in [-0.1, -0.05) is 100 Å². The van der Waals surface area contributed by atoms with E-state index in [0.29, 0.717) is 12.8 Å². The molecule has 4 rings (SSSR count). The summed E-state index contributed by atoms with van der Waals surface area (Å²) in [6.45, 7) is 7.71. The lowest BCUT2D eigenvalue weighted by molar-refractivity contribution is -0.151. The Morgan fingerprint density at radius 3 is 1.26 bits per heavy atom. The lowest BCUT2D eigenvalue weighted by Gasteiger charge is -2.37. The second kappa shape index (κ2) is 19.6. The van der Waals surface area contributed by atoms with Crippen LogP contribution >= 0.6 is 0 Å². The summed E-state index contributed by atoms with van der Waals surface area (Å²) in [6, 6.07) is 23.3. The van der Waals surface area contributed by atoms with Gasteiger partial charge in [0.15, 0.2) is 0 Å². The number of aromatic nitrogens is 2. The molecule has 2 aromatic heterocycles. The molecular formula is C40H50N4O6. The van der Waals surface area contributed by atoms with Crippen molar-refractivity contribution in [1.29, 1.82) is 0 Å². The molecule has 4 N–H and O–H groups in total. The van der Waals surface area contributed by atoms with Crippen LogP contribution in [-0.2, 0) is 45.1 Å². The summed E-state index contributed by atoms with van der Waals surface area (Å²) in [6.07, 6.45) is 4.50. The fourth-order valence-corrected chi connectivity index (χ4v) is 5.75. The first-order valence-electron chi connectivity index (χ1n) is 17.2. The van der Waals surface area contributed by atoms with Crippen molar-refractivity contribution in [2.45, 2.75) is 90.1 Å². The number of nitrogens with zero attached hydrogens (tertiary/aromatic N) is 2. The molecule has 0 fully saturated rings. The fraction of sp³-hybridized carbons (Fsp3) is 0.400. The molecule has 0 aliphatic heterocycles. The molecule has 0 aliphatic rings. The van der Waals surface area contributed by atoms with Gasteiger partial charge in [0.2, 0.25) is 0 Å². The van der Waals surface area contributed by atoms with E-state index in [9.17, 15) is 19.8 Å². The normalized spacial score (nSPS) is 15.1. The van der Waals surface area contributed by atoms with Crippen molar-refractivity contribution in [2.24, 2.45) is 11.8 Å². The number of aliphatic hydroxyl groups is 2. The van der Waals surface area contributed by atoms with Crippen LogP contribution in [-0.4, -0.2) is 68.5 Å². The number of hydrogen-bond donors (Lipinski definition) is 4. The fourth-order valence-electron chi connectivity index (χ4n) is 5.75. The van der Waals surface area contributed by atoms with Gasteiger partial charge in [0.05, 0.1) is 12.2 Å². The quantitative estimate of drug-likeness (QED) is 0.105. The van der Waals surface area contributed by atoms with Crippen LogP contribution in [0.2, 0.25) is 0 Å². The Morgan fingerprint density at radius 2 is 0.940 bits per heavy atom. The molecule has 2 heterocycles. The van der Waals surface area contributed by atoms with E-state index in [1.165, 1.54) is 0 Å². The molecule has 2 unspecified atom stereocenters. The third kappa shape index (κ3) is 11.8. The average molecular weight is 683 g/mol. The number of benzene rings is 2. The molecular weight excluding hydrogens is 632 g/mol. The second-order valence-corrected chi connectivity index (χ2v) is 13.3. The van der Waals surface area contributed by atoms with Crippen molar-refractivity contribution in [2.75, 3.05) is 0 Å². The predicted octanol–water partition coefficient (Wildman–Crippen LogP) is 4.44. The molecule has 10 nitrogen and oxygen atoms in total. The standard InChI is InChI=1S/C40H50N4O6/c1-27(2)35(39(47)49-25-31-17-11-19-41-23-31)43-33(21-29-13-7-5-8-14-29)37(45)38(46)34(22-30-15-9-6-10-16-30)44-36(28(3)4)40(48)50-26-32-18-12-20-42-24-32/h5-20,23-24,27-28,33-38,43-46H,21-22,25-26H2,1-4H3/t33-,34-,35?,36?,37-,38-/m1/s1. The third-order valence-corrected chi connectivity index (χ3v) is 8.61. The van der Waals surface area contributed by atoms with Crippen LogP contribution in [0.3, 0.4) is 0 Å². The first-order valence-corrected chi connectivity index (χ1v) is 17.2. The van der Waals surface area contributed by atoms with Gasteiger partial charge in [0.25, 0.3) is 0 Å². The molecule has 0 saturated heterocycles. The molecule has 266 valence electrons. The number of nitrogens with one attached hydrogen (secondary N) is 2. The Hall–Kier alpha value is -4.48. The van der Waals surface area contributed by atoms with Crippen molar-refractivity contribution in [3.63, 3.8) is 0 Å². The average Bonchev–Trinajstić information content (AvgIpc) is 3.13. The van der Waals surface area contributed by atoms with Crippen LogP contribution in [0.5, 0.6) is 0 Å². The molecule has 0 aliphatic carbocycles. The summed E-state index contributed by atoms with van der Waals surface area (Å²) in [5, 5.41) is 30.7. The van der Waals surface area contributed by atoms with Crippen LogP contribution in [0.1, 0.15) is 49.9 Å². The van der Waals surface area contributed by atoms with Crippen LogP contribution in [0.25, 0.3) is 0 Å². The van der Waals surface area contributed by atoms with Gasteiger partial charge in [0, 0.05) is 48.0 Å². The summed E-state index contributed by atoms with van der Waals surface area (Å²) in [4.78, 5) is 35.1. The number of pyridine rings is 2. The van der Waals surface area contributed by atoms with Gasteiger partial charge in [-0.25, -0.2) is 0 Å². The minimum absolute atomic E-state index is 0.0582. The monoisotopic (exact) mass is 682 g/mol. The number of carbonyl (C=O) groups is 2. The van der Waals surface area contributed by atoms with Crippen LogP contribution in [0.15, 0.2) is 110 Å². The number of esters is 2. The molecule has 0 radical (unpaired) electrons. The first-order chi connectivity index (χ1) is 24.1. The number of ether oxygens (including phenoxy) is 2. The second-order valence-electron chi connectivity index (χ2n) is 13.3. The van der Waals surface area contributed by atoms with E-state index in [4.69, 9.17) is 9.47 Å². The van der Waals surface area contributed by atoms with Gasteiger partial charge < -0.3 is 19.7 Å². The molecule has 0 saturated carbocycles.